The molecule has 436 valence electrons. The standard InChI is InChI=1S/C84H69N5O/c1-82(2,3)55-42-43-85-78(47-55)89-75-39-20-17-31-67(75)68-41-40-61(51-76(68)89)90-60-27-21-26-58(48-60)86-52-87-80-63(54-44-56(83(4,5)6)46-57(45-54)84(7,8)9)34-23-36-71(80)70-35-22-33-62(53-24-11-10-12-25-53)79(70)69-32-14-13-28-64(69)72-49-59(50-77(86)81(72)87)88-73-37-18-15-29-65(73)66-30-16-19-38-74(66)88/h10-51H,1-9H3/i10D,11D,12D,24D,25D. The Morgan fingerprint density at radius 2 is 0.967 bits per heavy atom. The molecule has 0 fully saturated rings. The van der Waals surface area contributed by atoms with Crippen molar-refractivity contribution in [1.82, 2.24) is 18.7 Å². The first kappa shape index (κ1) is 49.4. The van der Waals surface area contributed by atoms with Gasteiger partial charge >= 0.3 is 0 Å². The van der Waals surface area contributed by atoms with Crippen molar-refractivity contribution in [2.75, 3.05) is 0 Å². The highest BCUT2D eigenvalue weighted by molar-refractivity contribution is 6.12. The molecule has 1 aliphatic heterocycles. The van der Waals surface area contributed by atoms with Crippen LogP contribution in [0, 0.1) is 6.33 Å². The molecular formula is C84H69N5O. The first-order valence-electron chi connectivity index (χ1n) is 33.5. The highest BCUT2D eigenvalue weighted by Crippen LogP contribution is 2.50. The van der Waals surface area contributed by atoms with E-state index in [1.807, 2.05) is 36.5 Å². The summed E-state index contributed by atoms with van der Waals surface area (Å²) in [7, 11) is 0. The van der Waals surface area contributed by atoms with E-state index < -0.39 is 18.1 Å². The predicted molar refractivity (Wildman–Crippen MR) is 373 cm³/mol. The number of rotatable bonds is 7. The van der Waals surface area contributed by atoms with E-state index in [2.05, 4.69) is 275 Å². The first-order valence-corrected chi connectivity index (χ1v) is 31.0. The van der Waals surface area contributed by atoms with E-state index in [1.165, 1.54) is 16.7 Å². The second kappa shape index (κ2) is 20.5. The molecule has 6 heteroatoms. The largest absolute Gasteiger partial charge is 0.458 e. The number of hydrogen-bond acceptors (Lipinski definition) is 2. The Kier molecular flexibility index (Phi) is 11.3. The number of fused-ring (bicyclic) bond motifs is 13. The summed E-state index contributed by atoms with van der Waals surface area (Å²) in [5.41, 5.74) is 19.3. The highest BCUT2D eigenvalue weighted by Gasteiger charge is 2.31. The van der Waals surface area contributed by atoms with Gasteiger partial charge in [0.15, 0.2) is 0 Å². The number of benzene rings is 11. The van der Waals surface area contributed by atoms with Crippen LogP contribution in [0.4, 0.5) is 0 Å². The van der Waals surface area contributed by atoms with Crippen LogP contribution >= 0.6 is 0 Å². The van der Waals surface area contributed by atoms with Crippen LogP contribution in [-0.2, 0) is 16.2 Å². The van der Waals surface area contributed by atoms with Gasteiger partial charge in [-0.2, -0.15) is 0 Å². The molecule has 0 aliphatic carbocycles. The normalized spacial score (nSPS) is 13.3. The molecule has 0 N–H and O–H groups in total. The van der Waals surface area contributed by atoms with E-state index in [9.17, 15) is 2.74 Å². The molecule has 0 bridgehead atoms. The van der Waals surface area contributed by atoms with Crippen molar-refractivity contribution in [1.29, 1.82) is 0 Å². The molecule has 0 spiro atoms. The van der Waals surface area contributed by atoms with Gasteiger partial charge < -0.3 is 9.30 Å². The number of aromatic nitrogens is 5. The lowest BCUT2D eigenvalue weighted by molar-refractivity contribution is -0.570. The van der Waals surface area contributed by atoms with Crippen molar-refractivity contribution in [2.24, 2.45) is 0 Å². The molecule has 11 aromatic carbocycles. The van der Waals surface area contributed by atoms with E-state index in [0.717, 1.165) is 122 Å². The Balaban J connectivity index is 1.01. The Morgan fingerprint density at radius 3 is 1.64 bits per heavy atom. The van der Waals surface area contributed by atoms with E-state index in [4.69, 9.17) is 13.8 Å². The second-order valence-corrected chi connectivity index (χ2v) is 27.1. The number of para-hydroxylation sites is 4. The van der Waals surface area contributed by atoms with E-state index in [1.54, 1.807) is 0 Å². The third-order valence-electron chi connectivity index (χ3n) is 18.2. The van der Waals surface area contributed by atoms with Gasteiger partial charge in [-0.15, -0.1) is 0 Å². The van der Waals surface area contributed by atoms with Gasteiger partial charge in [0.1, 0.15) is 17.3 Å². The van der Waals surface area contributed by atoms with E-state index in [-0.39, 0.29) is 33.9 Å². The van der Waals surface area contributed by atoms with Crippen molar-refractivity contribution >= 4 is 54.6 Å². The molecule has 6 nitrogen and oxygen atoms in total. The van der Waals surface area contributed by atoms with Crippen LogP contribution in [0.25, 0.3) is 133 Å². The molecule has 0 saturated carbocycles. The van der Waals surface area contributed by atoms with Crippen LogP contribution in [0.3, 0.4) is 0 Å². The van der Waals surface area contributed by atoms with Crippen LogP contribution in [0.2, 0.25) is 0 Å². The molecule has 15 aromatic rings. The molecule has 0 radical (unpaired) electrons. The summed E-state index contributed by atoms with van der Waals surface area (Å²) < 4.78 is 62.0. The summed E-state index contributed by atoms with van der Waals surface area (Å²) in [6, 6.07) is 75.2. The zero-order valence-corrected chi connectivity index (χ0v) is 52.0. The number of imidazole rings is 1. The van der Waals surface area contributed by atoms with Crippen LogP contribution < -0.4 is 9.30 Å². The van der Waals surface area contributed by atoms with Gasteiger partial charge in [-0.05, 0) is 161 Å². The maximum absolute atomic E-state index is 9.56. The summed E-state index contributed by atoms with van der Waals surface area (Å²) in [5.74, 6) is 2.14. The summed E-state index contributed by atoms with van der Waals surface area (Å²) in [4.78, 5) is 4.97. The summed E-state index contributed by atoms with van der Waals surface area (Å²) in [5, 5.41) is 4.48. The van der Waals surface area contributed by atoms with Crippen molar-refractivity contribution in [3.8, 4) is 90.0 Å². The zero-order chi connectivity index (χ0) is 65.7. The average molecular weight is 1170 g/mol. The van der Waals surface area contributed by atoms with Crippen molar-refractivity contribution < 1.29 is 16.2 Å². The quantitative estimate of drug-likeness (QED) is 0.118. The average Bonchev–Trinajstić information content (AvgIpc) is 1.57. The monoisotopic (exact) mass is 1170 g/mol. The minimum Gasteiger partial charge on any atom is -0.458 e. The lowest BCUT2D eigenvalue weighted by Gasteiger charge is -2.27. The Hall–Kier alpha value is -10.6. The van der Waals surface area contributed by atoms with E-state index >= 15 is 0 Å². The SMILES string of the molecule is [2H]c1c([2H])c([2H])c(-c2cccc3c2-c2ccccc2-c2cc(-n4c5ccccc5c5ccccc54)cc4c2[n+]([c-]n4-c2cccc(Oc4ccc5c6ccccc6n(-c6cc(C(C)(C)C)ccn6)c5c4)c2)-c2c(-c4cc(C(C)(C)C)cc(C(C)(C)C)c4)cccc2-3)c([2H])c1[2H]. The van der Waals surface area contributed by atoms with Crippen molar-refractivity contribution in [3.63, 3.8) is 0 Å². The first-order chi connectivity index (χ1) is 45.6. The van der Waals surface area contributed by atoms with Gasteiger partial charge in [0.2, 0.25) is 0 Å². The van der Waals surface area contributed by atoms with Gasteiger partial charge in [0, 0.05) is 39.5 Å². The lowest BCUT2D eigenvalue weighted by atomic mass is 9.78. The lowest BCUT2D eigenvalue weighted by Crippen LogP contribution is -2.32. The molecule has 5 heterocycles. The Labute approximate surface area is 533 Å². The number of ether oxygens (including phenoxy) is 1. The minimum absolute atomic E-state index is 0.0820. The molecular weight excluding hydrogens is 1090 g/mol. The zero-order valence-electron chi connectivity index (χ0n) is 57.0. The molecule has 0 unspecified atom stereocenters. The number of nitrogens with zero attached hydrogens (tertiary/aromatic N) is 5. The van der Waals surface area contributed by atoms with Gasteiger partial charge in [-0.3, -0.25) is 13.7 Å². The number of hydrogen-bond donors (Lipinski definition) is 0. The molecule has 0 amide bonds. The van der Waals surface area contributed by atoms with Crippen LogP contribution in [-0.4, -0.2) is 18.7 Å². The molecule has 4 aromatic heterocycles. The van der Waals surface area contributed by atoms with Crippen LogP contribution in [0.15, 0.2) is 255 Å². The second-order valence-electron chi connectivity index (χ2n) is 27.1. The topological polar surface area (TPSA) is 40.8 Å². The van der Waals surface area contributed by atoms with Gasteiger partial charge in [0.25, 0.3) is 6.33 Å². The summed E-state index contributed by atoms with van der Waals surface area (Å²) in [6.45, 7) is 20.3. The fraction of sp³-hybridized carbons (Fsp3) is 0.143. The number of pyridine rings is 1. The minimum atomic E-state index is -0.441. The third-order valence-corrected chi connectivity index (χ3v) is 18.2. The summed E-state index contributed by atoms with van der Waals surface area (Å²) >= 11 is 0. The Morgan fingerprint density at radius 1 is 0.400 bits per heavy atom. The molecule has 0 saturated heterocycles. The van der Waals surface area contributed by atoms with Crippen molar-refractivity contribution in [2.45, 2.75) is 78.6 Å². The molecule has 90 heavy (non-hydrogen) atoms. The molecule has 16 rings (SSSR count). The van der Waals surface area contributed by atoms with Gasteiger partial charge in [0.05, 0.1) is 51.3 Å². The molecule has 1 aliphatic rings. The maximum atomic E-state index is 9.56. The summed E-state index contributed by atoms with van der Waals surface area (Å²) in [6.07, 6.45) is 6.00. The van der Waals surface area contributed by atoms with Gasteiger partial charge in [-0.1, -0.05) is 232 Å². The third kappa shape index (κ3) is 8.98. The smallest absolute Gasteiger partial charge is 0.269 e. The van der Waals surface area contributed by atoms with E-state index in [0.29, 0.717) is 17.1 Å². The fourth-order valence-corrected chi connectivity index (χ4v) is 13.7. The van der Waals surface area contributed by atoms with Gasteiger partial charge in [-0.25, -0.2) is 4.98 Å². The maximum Gasteiger partial charge on any atom is 0.269 e. The highest BCUT2D eigenvalue weighted by atomic mass is 16.5. The molecule has 0 atom stereocenters. The predicted octanol–water partition coefficient (Wildman–Crippen LogP) is 21.6. The van der Waals surface area contributed by atoms with Crippen LogP contribution in [0.1, 0.15) is 85.9 Å². The van der Waals surface area contributed by atoms with Crippen molar-refractivity contribution in [3.05, 3.63) is 278 Å². The Bertz CT molecular complexity index is 5620. The fourth-order valence-electron chi connectivity index (χ4n) is 13.7. The van der Waals surface area contributed by atoms with Crippen LogP contribution in [0.5, 0.6) is 11.5 Å².